The van der Waals surface area contributed by atoms with Crippen LogP contribution in [0.15, 0.2) is 73.2 Å². The molecule has 1 saturated heterocycles. The van der Waals surface area contributed by atoms with Gasteiger partial charge in [-0.15, -0.1) is 0 Å². The SMILES string of the molecule is Nc1ncc(-c2cnn(C(F)F)c2)c2c1c(-c1ccc(C(=O)Nc3ccccc3)cc1)nn2C1CCNC1. The number of halogens is 2. The van der Waals surface area contributed by atoms with Gasteiger partial charge in [0.1, 0.15) is 11.5 Å². The van der Waals surface area contributed by atoms with Crippen LogP contribution in [0.1, 0.15) is 29.4 Å². The molecular weight excluding hydrogens is 490 g/mol. The highest BCUT2D eigenvalue weighted by molar-refractivity contribution is 6.07. The molecule has 1 fully saturated rings. The normalized spacial score (nSPS) is 15.4. The Hall–Kier alpha value is -4.64. The standard InChI is InChI=1S/C27H24F2N8O/c28-27(29)36-15-18(12-33-36)21-14-32-25(30)22-23(35-37(24(21)22)20-10-11-31-13-20)16-6-8-17(9-7-16)26(38)34-19-4-2-1-3-5-19/h1-9,12,14-15,20,27,31H,10-11,13H2,(H2,30,32)(H,34,38). The van der Waals surface area contributed by atoms with Crippen molar-refractivity contribution in [2.45, 2.75) is 19.0 Å². The number of rotatable bonds is 6. The summed E-state index contributed by atoms with van der Waals surface area (Å²) in [6, 6.07) is 16.4. The highest BCUT2D eigenvalue weighted by Gasteiger charge is 2.27. The molecule has 3 aromatic heterocycles. The minimum absolute atomic E-state index is 0.0490. The van der Waals surface area contributed by atoms with Gasteiger partial charge in [0, 0.05) is 46.9 Å². The van der Waals surface area contributed by atoms with E-state index in [4.69, 9.17) is 10.8 Å². The number of nitrogens with zero attached hydrogens (tertiary/aromatic N) is 5. The maximum absolute atomic E-state index is 13.2. The van der Waals surface area contributed by atoms with E-state index in [0.717, 1.165) is 18.5 Å². The molecule has 4 heterocycles. The van der Waals surface area contributed by atoms with Crippen molar-refractivity contribution in [3.63, 3.8) is 0 Å². The second kappa shape index (κ2) is 9.67. The maximum Gasteiger partial charge on any atom is 0.333 e. The molecule has 192 valence electrons. The summed E-state index contributed by atoms with van der Waals surface area (Å²) < 4.78 is 29.0. The minimum Gasteiger partial charge on any atom is -0.383 e. The maximum atomic E-state index is 13.2. The second-order valence-electron chi connectivity index (χ2n) is 9.10. The van der Waals surface area contributed by atoms with E-state index < -0.39 is 6.55 Å². The van der Waals surface area contributed by atoms with Crippen molar-refractivity contribution < 1.29 is 13.6 Å². The van der Waals surface area contributed by atoms with Gasteiger partial charge in [-0.2, -0.15) is 19.0 Å². The van der Waals surface area contributed by atoms with Gasteiger partial charge in [-0.25, -0.2) is 9.67 Å². The largest absolute Gasteiger partial charge is 0.383 e. The molecule has 2 aromatic carbocycles. The first-order valence-corrected chi connectivity index (χ1v) is 12.2. The van der Waals surface area contributed by atoms with Crippen molar-refractivity contribution in [1.82, 2.24) is 29.9 Å². The highest BCUT2D eigenvalue weighted by Crippen LogP contribution is 2.39. The van der Waals surface area contributed by atoms with Crippen LogP contribution in [0, 0.1) is 0 Å². The Kier molecular flexibility index (Phi) is 6.04. The minimum atomic E-state index is -2.75. The molecular formula is C27H24F2N8O. The van der Waals surface area contributed by atoms with Gasteiger partial charge >= 0.3 is 6.55 Å². The van der Waals surface area contributed by atoms with Crippen molar-refractivity contribution in [3.8, 4) is 22.4 Å². The summed E-state index contributed by atoms with van der Waals surface area (Å²) in [5.74, 6) is 0.0535. The van der Waals surface area contributed by atoms with E-state index >= 15 is 0 Å². The Balaban J connectivity index is 1.44. The van der Waals surface area contributed by atoms with Crippen LogP contribution in [-0.2, 0) is 0 Å². The molecule has 0 radical (unpaired) electrons. The van der Waals surface area contributed by atoms with Gasteiger partial charge in [-0.1, -0.05) is 30.3 Å². The zero-order chi connectivity index (χ0) is 26.2. The van der Waals surface area contributed by atoms with Gasteiger partial charge in [-0.05, 0) is 37.2 Å². The van der Waals surface area contributed by atoms with E-state index in [1.54, 1.807) is 18.3 Å². The van der Waals surface area contributed by atoms with Crippen LogP contribution in [0.2, 0.25) is 0 Å². The zero-order valence-electron chi connectivity index (χ0n) is 20.2. The van der Waals surface area contributed by atoms with Gasteiger partial charge < -0.3 is 16.4 Å². The lowest BCUT2D eigenvalue weighted by molar-refractivity contribution is 0.0566. The summed E-state index contributed by atoms with van der Waals surface area (Å²) >= 11 is 0. The van der Waals surface area contributed by atoms with Crippen molar-refractivity contribution in [1.29, 1.82) is 0 Å². The number of hydrogen-bond donors (Lipinski definition) is 3. The third-order valence-electron chi connectivity index (χ3n) is 6.70. The number of carbonyl (C=O) groups is 1. The van der Waals surface area contributed by atoms with Crippen molar-refractivity contribution in [2.75, 3.05) is 24.1 Å². The average Bonchev–Trinajstić information content (AvgIpc) is 3.70. The molecule has 4 N–H and O–H groups in total. The topological polar surface area (TPSA) is 116 Å². The molecule has 0 saturated carbocycles. The van der Waals surface area contributed by atoms with Gasteiger partial charge in [0.05, 0.1) is 23.1 Å². The number of benzene rings is 2. The number of alkyl halides is 2. The lowest BCUT2D eigenvalue weighted by Gasteiger charge is -2.13. The first-order chi connectivity index (χ1) is 18.5. The quantitative estimate of drug-likeness (QED) is 0.302. The second-order valence-corrected chi connectivity index (χ2v) is 9.10. The Labute approximate surface area is 216 Å². The molecule has 6 rings (SSSR count). The van der Waals surface area contributed by atoms with Crippen LogP contribution in [-0.4, -0.2) is 43.5 Å². The zero-order valence-corrected chi connectivity index (χ0v) is 20.2. The van der Waals surface area contributed by atoms with E-state index in [0.29, 0.717) is 50.2 Å². The van der Waals surface area contributed by atoms with Gasteiger partial charge in [0.25, 0.3) is 5.91 Å². The number of pyridine rings is 1. The predicted molar refractivity (Wildman–Crippen MR) is 141 cm³/mol. The predicted octanol–water partition coefficient (Wildman–Crippen LogP) is 4.73. The molecule has 9 nitrogen and oxygen atoms in total. The third-order valence-corrected chi connectivity index (χ3v) is 6.70. The smallest absolute Gasteiger partial charge is 0.333 e. The van der Waals surface area contributed by atoms with Crippen molar-refractivity contribution >= 4 is 28.3 Å². The van der Waals surface area contributed by atoms with Crippen LogP contribution in [0.25, 0.3) is 33.3 Å². The molecule has 1 aliphatic rings. The van der Waals surface area contributed by atoms with E-state index in [-0.39, 0.29) is 17.8 Å². The van der Waals surface area contributed by atoms with Gasteiger partial charge in [-0.3, -0.25) is 9.48 Å². The molecule has 1 amide bonds. The number of para-hydroxylation sites is 1. The molecule has 0 aliphatic carbocycles. The number of hydrogen-bond acceptors (Lipinski definition) is 6. The summed E-state index contributed by atoms with van der Waals surface area (Å²) in [5.41, 5.74) is 10.8. The summed E-state index contributed by atoms with van der Waals surface area (Å²) in [4.78, 5) is 17.1. The highest BCUT2D eigenvalue weighted by atomic mass is 19.3. The van der Waals surface area contributed by atoms with Crippen LogP contribution in [0.4, 0.5) is 20.3 Å². The summed E-state index contributed by atoms with van der Waals surface area (Å²) in [7, 11) is 0. The summed E-state index contributed by atoms with van der Waals surface area (Å²) in [6.07, 6.45) is 5.11. The number of amides is 1. The van der Waals surface area contributed by atoms with Crippen LogP contribution in [0.5, 0.6) is 0 Å². The fraction of sp³-hybridized carbons (Fsp3) is 0.185. The molecule has 0 spiro atoms. The Morgan fingerprint density at radius 2 is 1.87 bits per heavy atom. The number of anilines is 2. The molecule has 1 unspecified atom stereocenters. The Morgan fingerprint density at radius 1 is 1.08 bits per heavy atom. The molecule has 38 heavy (non-hydrogen) atoms. The van der Waals surface area contributed by atoms with Crippen LogP contribution < -0.4 is 16.4 Å². The lowest BCUT2D eigenvalue weighted by atomic mass is 10.0. The first-order valence-electron chi connectivity index (χ1n) is 12.2. The molecule has 1 aliphatic heterocycles. The molecule has 1 atom stereocenters. The van der Waals surface area contributed by atoms with Crippen LogP contribution in [0.3, 0.4) is 0 Å². The third kappa shape index (κ3) is 4.26. The number of fused-ring (bicyclic) bond motifs is 1. The fourth-order valence-electron chi connectivity index (χ4n) is 4.81. The number of nitrogens with one attached hydrogen (secondary N) is 2. The lowest BCUT2D eigenvalue weighted by Crippen LogP contribution is -2.15. The molecule has 0 bridgehead atoms. The Bertz CT molecular complexity index is 1610. The first kappa shape index (κ1) is 23.7. The molecule has 5 aromatic rings. The number of aromatic nitrogens is 5. The average molecular weight is 515 g/mol. The number of carbonyl (C=O) groups excluding carboxylic acids is 1. The summed E-state index contributed by atoms with van der Waals surface area (Å²) in [5, 5.41) is 15.6. The van der Waals surface area contributed by atoms with Crippen molar-refractivity contribution in [3.05, 3.63) is 78.8 Å². The summed E-state index contributed by atoms with van der Waals surface area (Å²) in [6.45, 7) is -1.20. The monoisotopic (exact) mass is 514 g/mol. The van der Waals surface area contributed by atoms with E-state index in [1.807, 2.05) is 47.1 Å². The number of nitrogens with two attached hydrogens (primary N) is 1. The van der Waals surface area contributed by atoms with Gasteiger partial charge in [0.15, 0.2) is 0 Å². The van der Waals surface area contributed by atoms with E-state index in [2.05, 4.69) is 20.7 Å². The van der Waals surface area contributed by atoms with Crippen LogP contribution >= 0.6 is 0 Å². The fourth-order valence-corrected chi connectivity index (χ4v) is 4.81. The Morgan fingerprint density at radius 3 is 2.55 bits per heavy atom. The van der Waals surface area contributed by atoms with E-state index in [9.17, 15) is 13.6 Å². The van der Waals surface area contributed by atoms with E-state index in [1.165, 1.54) is 12.4 Å². The molecule has 11 heteroatoms. The van der Waals surface area contributed by atoms with Crippen molar-refractivity contribution in [2.24, 2.45) is 0 Å². The number of nitrogen functional groups attached to an aromatic ring is 1. The van der Waals surface area contributed by atoms with Gasteiger partial charge in [0.2, 0.25) is 0 Å².